The number of aliphatic hydroxyl groups is 1. The number of amides is 1. The van der Waals surface area contributed by atoms with Gasteiger partial charge in [0.2, 0.25) is 5.60 Å². The van der Waals surface area contributed by atoms with Crippen LogP contribution in [0.25, 0.3) is 0 Å². The zero-order valence-electron chi connectivity index (χ0n) is 21.3. The number of nitrogens with one attached hydrogen (secondary N) is 1. The largest absolute Gasteiger partial charge is 0.453 e. The lowest BCUT2D eigenvalue weighted by atomic mass is 9.82. The van der Waals surface area contributed by atoms with Crippen molar-refractivity contribution in [3.05, 3.63) is 107 Å². The number of ether oxygens (including phenoxy) is 1. The summed E-state index contributed by atoms with van der Waals surface area (Å²) in [6.07, 6.45) is 1.47. The fourth-order valence-electron chi connectivity index (χ4n) is 5.92. The lowest BCUT2D eigenvalue weighted by Crippen LogP contribution is -2.66. The monoisotopic (exact) mass is 499 g/mol. The van der Waals surface area contributed by atoms with Crippen LogP contribution in [0.5, 0.6) is 0 Å². The molecule has 192 valence electrons. The minimum atomic E-state index is -1.90. The van der Waals surface area contributed by atoms with Gasteiger partial charge in [-0.05, 0) is 29.2 Å². The number of fused-ring (bicyclic) bond motifs is 3. The smallest absolute Gasteiger partial charge is 0.348 e. The number of esters is 1. The molecule has 1 unspecified atom stereocenters. The minimum Gasteiger partial charge on any atom is -0.453 e. The first-order chi connectivity index (χ1) is 17.9. The van der Waals surface area contributed by atoms with Crippen molar-refractivity contribution >= 4 is 11.9 Å². The van der Waals surface area contributed by atoms with Gasteiger partial charge in [-0.2, -0.15) is 0 Å². The van der Waals surface area contributed by atoms with E-state index in [4.69, 9.17) is 4.74 Å². The number of hydrogen-bond acceptors (Lipinski definition) is 4. The minimum absolute atomic E-state index is 0.0127. The molecule has 1 atom stereocenters. The molecule has 0 aromatic heterocycles. The van der Waals surface area contributed by atoms with Gasteiger partial charge < -0.3 is 19.6 Å². The Hall–Kier alpha value is -3.48. The van der Waals surface area contributed by atoms with Gasteiger partial charge in [0.1, 0.15) is 6.54 Å². The summed E-state index contributed by atoms with van der Waals surface area (Å²) >= 11 is 0. The lowest BCUT2D eigenvalue weighted by Gasteiger charge is -2.51. The first kappa shape index (κ1) is 25.2. The maximum Gasteiger partial charge on any atom is 0.348 e. The Labute approximate surface area is 218 Å². The molecular formula is C31H35N2O4+. The van der Waals surface area contributed by atoms with Gasteiger partial charge in [-0.1, -0.05) is 84.9 Å². The van der Waals surface area contributed by atoms with Gasteiger partial charge in [0, 0.05) is 25.3 Å². The Bertz CT molecular complexity index is 1200. The third-order valence-electron chi connectivity index (χ3n) is 8.19. The van der Waals surface area contributed by atoms with Gasteiger partial charge in [-0.3, -0.25) is 4.79 Å². The van der Waals surface area contributed by atoms with E-state index < -0.39 is 11.6 Å². The van der Waals surface area contributed by atoms with E-state index in [9.17, 15) is 14.7 Å². The molecule has 1 amide bonds. The van der Waals surface area contributed by atoms with Crippen molar-refractivity contribution in [2.24, 2.45) is 5.92 Å². The van der Waals surface area contributed by atoms with Gasteiger partial charge in [0.25, 0.3) is 5.91 Å². The van der Waals surface area contributed by atoms with Gasteiger partial charge >= 0.3 is 5.97 Å². The zero-order chi connectivity index (χ0) is 25.9. The van der Waals surface area contributed by atoms with Gasteiger partial charge in [-0.25, -0.2) is 4.79 Å². The molecule has 0 spiro atoms. The quantitative estimate of drug-likeness (QED) is 0.366. The number of hydrogen-bond donors (Lipinski definition) is 2. The molecule has 3 aliphatic heterocycles. The summed E-state index contributed by atoms with van der Waals surface area (Å²) in [7, 11) is 0. The van der Waals surface area contributed by atoms with Crippen molar-refractivity contribution in [1.29, 1.82) is 0 Å². The molecule has 3 aromatic rings. The van der Waals surface area contributed by atoms with E-state index in [0.29, 0.717) is 35.2 Å². The number of rotatable bonds is 8. The molecule has 3 aromatic carbocycles. The number of aryl methyl sites for hydroxylation is 1. The molecule has 3 aliphatic rings. The van der Waals surface area contributed by atoms with Gasteiger partial charge in [0.15, 0.2) is 12.6 Å². The highest BCUT2D eigenvalue weighted by Crippen LogP contribution is 2.38. The van der Waals surface area contributed by atoms with E-state index in [-0.39, 0.29) is 17.9 Å². The highest BCUT2D eigenvalue weighted by molar-refractivity contribution is 5.85. The summed E-state index contributed by atoms with van der Waals surface area (Å²) in [5.41, 5.74) is 1.33. The van der Waals surface area contributed by atoms with Crippen molar-refractivity contribution in [1.82, 2.24) is 5.32 Å². The van der Waals surface area contributed by atoms with Gasteiger partial charge in [0.05, 0.1) is 13.1 Å². The number of carbonyl (C=O) groups is 2. The first-order valence-electron chi connectivity index (χ1n) is 13.1. The molecule has 0 radical (unpaired) electrons. The van der Waals surface area contributed by atoms with E-state index >= 15 is 0 Å². The van der Waals surface area contributed by atoms with Crippen LogP contribution in [0.15, 0.2) is 84.9 Å². The van der Waals surface area contributed by atoms with Crippen LogP contribution in [-0.2, 0) is 26.5 Å². The summed E-state index contributed by atoms with van der Waals surface area (Å²) in [6, 6.07) is 26.0. The molecule has 3 heterocycles. The molecule has 6 nitrogen and oxygen atoms in total. The second-order valence-corrected chi connectivity index (χ2v) is 10.6. The van der Waals surface area contributed by atoms with Crippen molar-refractivity contribution in [3.63, 3.8) is 0 Å². The third-order valence-corrected chi connectivity index (χ3v) is 8.19. The Kier molecular flexibility index (Phi) is 7.13. The Morgan fingerprint density at radius 2 is 1.49 bits per heavy atom. The SMILES string of the molecule is Cc1ccccc1CNC(=O)C[N+]12CCC(CC1)C(OC(=O)C(O)(c1ccccc1)c1ccccc1)C2. The number of quaternary nitrogens is 1. The highest BCUT2D eigenvalue weighted by atomic mass is 16.6. The molecular weight excluding hydrogens is 464 g/mol. The zero-order valence-corrected chi connectivity index (χ0v) is 21.3. The number of benzene rings is 3. The standard InChI is InChI=1S/C31H34N2O4/c1-23-10-8-9-11-25(23)20-32-29(34)22-33-18-16-24(17-19-33)28(21-33)37-30(35)31(36,26-12-4-2-5-13-26)27-14-6-3-7-15-27/h2-15,24,28,36H,16-22H2,1H3/p+1. The summed E-state index contributed by atoms with van der Waals surface area (Å²) < 4.78 is 6.73. The molecule has 2 bridgehead atoms. The molecule has 0 saturated carbocycles. The van der Waals surface area contributed by atoms with Crippen LogP contribution in [0.4, 0.5) is 0 Å². The summed E-state index contributed by atoms with van der Waals surface area (Å²) in [5.74, 6) is -0.403. The highest BCUT2D eigenvalue weighted by Gasteiger charge is 2.51. The third kappa shape index (κ3) is 5.17. The summed E-state index contributed by atoms with van der Waals surface area (Å²) in [6.45, 7) is 5.32. The van der Waals surface area contributed by atoms with E-state index in [2.05, 4.69) is 5.32 Å². The van der Waals surface area contributed by atoms with Crippen LogP contribution in [0.3, 0.4) is 0 Å². The van der Waals surface area contributed by atoms with Crippen molar-refractivity contribution in [2.45, 2.75) is 38.0 Å². The first-order valence-corrected chi connectivity index (χ1v) is 13.1. The molecule has 0 aliphatic carbocycles. The second kappa shape index (κ2) is 10.5. The Morgan fingerprint density at radius 1 is 0.919 bits per heavy atom. The topological polar surface area (TPSA) is 75.6 Å². The van der Waals surface area contributed by atoms with E-state index in [0.717, 1.165) is 37.1 Å². The summed E-state index contributed by atoms with van der Waals surface area (Å²) in [4.78, 5) is 26.6. The maximum absolute atomic E-state index is 13.7. The van der Waals surface area contributed by atoms with Crippen LogP contribution >= 0.6 is 0 Å². The van der Waals surface area contributed by atoms with Crippen molar-refractivity contribution < 1.29 is 23.9 Å². The van der Waals surface area contributed by atoms with Crippen LogP contribution in [-0.4, -0.2) is 53.7 Å². The summed E-state index contributed by atoms with van der Waals surface area (Å²) in [5, 5.41) is 14.9. The maximum atomic E-state index is 13.7. The fourth-order valence-corrected chi connectivity index (χ4v) is 5.92. The average Bonchev–Trinajstić information content (AvgIpc) is 2.93. The number of nitrogens with zero attached hydrogens (tertiary/aromatic N) is 1. The molecule has 2 N–H and O–H groups in total. The van der Waals surface area contributed by atoms with Crippen molar-refractivity contribution in [2.75, 3.05) is 26.2 Å². The van der Waals surface area contributed by atoms with Crippen LogP contribution in [0.2, 0.25) is 0 Å². The van der Waals surface area contributed by atoms with E-state index in [1.165, 1.54) is 0 Å². The van der Waals surface area contributed by atoms with Crippen LogP contribution in [0.1, 0.15) is 35.1 Å². The average molecular weight is 500 g/mol. The molecule has 3 fully saturated rings. The predicted molar refractivity (Wildman–Crippen MR) is 141 cm³/mol. The normalized spacial score (nSPS) is 22.9. The molecule has 3 saturated heterocycles. The van der Waals surface area contributed by atoms with Crippen molar-refractivity contribution in [3.8, 4) is 0 Å². The van der Waals surface area contributed by atoms with E-state index in [1.54, 1.807) is 48.5 Å². The molecule has 6 rings (SSSR count). The lowest BCUT2D eigenvalue weighted by molar-refractivity contribution is -0.939. The van der Waals surface area contributed by atoms with Gasteiger partial charge in [-0.15, -0.1) is 0 Å². The fraction of sp³-hybridized carbons (Fsp3) is 0.355. The van der Waals surface area contributed by atoms with Crippen LogP contribution < -0.4 is 5.32 Å². The molecule has 37 heavy (non-hydrogen) atoms. The number of carbonyl (C=O) groups excluding carboxylic acids is 2. The Morgan fingerprint density at radius 3 is 2.08 bits per heavy atom. The number of piperidine rings is 3. The Balaban J connectivity index is 1.29. The second-order valence-electron chi connectivity index (χ2n) is 10.6. The van der Waals surface area contributed by atoms with E-state index in [1.807, 2.05) is 43.3 Å². The van der Waals surface area contributed by atoms with Crippen LogP contribution in [0, 0.1) is 12.8 Å². The predicted octanol–water partition coefficient (Wildman–Crippen LogP) is 3.70. The molecule has 6 heteroatoms.